The summed E-state index contributed by atoms with van der Waals surface area (Å²) in [6.07, 6.45) is 0.148. The molecule has 0 saturated carbocycles. The predicted molar refractivity (Wildman–Crippen MR) is 84.5 cm³/mol. The highest BCUT2D eigenvalue weighted by atomic mass is 16.5. The van der Waals surface area contributed by atoms with Gasteiger partial charge in [-0.1, -0.05) is 6.07 Å². The van der Waals surface area contributed by atoms with Gasteiger partial charge in [-0.2, -0.15) is 0 Å². The molecule has 1 atom stereocenters. The van der Waals surface area contributed by atoms with Gasteiger partial charge in [-0.3, -0.25) is 9.59 Å². The second-order valence-electron chi connectivity index (χ2n) is 4.52. The second-order valence-corrected chi connectivity index (χ2v) is 4.52. The van der Waals surface area contributed by atoms with Crippen LogP contribution >= 0.6 is 0 Å². The van der Waals surface area contributed by atoms with Crippen molar-refractivity contribution in [3.63, 3.8) is 0 Å². The number of carbonyl (C=O) groups is 2. The lowest BCUT2D eigenvalue weighted by molar-refractivity contribution is -0.134. The predicted octanol–water partition coefficient (Wildman–Crippen LogP) is 0.293. The molecule has 0 spiro atoms. The molecule has 0 aliphatic carbocycles. The molecule has 0 heterocycles. The van der Waals surface area contributed by atoms with Gasteiger partial charge in [-0.25, -0.2) is 0 Å². The number of nitrogens with two attached hydrogens (primary N) is 1. The zero-order valence-corrected chi connectivity index (χ0v) is 13.5. The molecule has 8 heteroatoms. The van der Waals surface area contributed by atoms with Gasteiger partial charge in [0.1, 0.15) is 0 Å². The number of methoxy groups -OCH3 is 2. The number of ether oxygens (including phenoxy) is 2. The number of benzene rings is 1. The minimum atomic E-state index is -0.833. The zero-order valence-electron chi connectivity index (χ0n) is 13.5. The summed E-state index contributed by atoms with van der Waals surface area (Å²) in [7, 11) is 3.10. The number of amides is 1. The van der Waals surface area contributed by atoms with Crippen LogP contribution in [0.3, 0.4) is 0 Å². The number of aliphatic hydroxyl groups is 1. The van der Waals surface area contributed by atoms with Gasteiger partial charge >= 0.3 is 0 Å². The Kier molecular flexibility index (Phi) is 10.1. The molecule has 0 aliphatic rings. The number of aliphatic carboxylic acids is 1. The van der Waals surface area contributed by atoms with Crippen LogP contribution in [0, 0.1) is 0 Å². The van der Waals surface area contributed by atoms with Crippen molar-refractivity contribution in [2.75, 3.05) is 27.4 Å². The molecule has 5 N–H and O–H groups in total. The highest BCUT2D eigenvalue weighted by Gasteiger charge is 2.14. The normalized spacial score (nSPS) is 10.8. The third-order valence-electron chi connectivity index (χ3n) is 2.68. The van der Waals surface area contributed by atoms with Gasteiger partial charge in [0.05, 0.1) is 20.8 Å². The number of hydrogen-bond donors (Lipinski definition) is 4. The average molecular weight is 328 g/mol. The van der Waals surface area contributed by atoms with Gasteiger partial charge in [-0.15, -0.1) is 0 Å². The van der Waals surface area contributed by atoms with Gasteiger partial charge in [-0.05, 0) is 17.7 Å². The van der Waals surface area contributed by atoms with Crippen LogP contribution in [0.4, 0.5) is 0 Å². The van der Waals surface area contributed by atoms with Crippen LogP contribution in [0.1, 0.15) is 24.9 Å². The Morgan fingerprint density at radius 3 is 2.30 bits per heavy atom. The Morgan fingerprint density at radius 1 is 1.26 bits per heavy atom. The highest BCUT2D eigenvalue weighted by Crippen LogP contribution is 2.30. The first kappa shape index (κ1) is 20.7. The highest BCUT2D eigenvalue weighted by molar-refractivity contribution is 5.76. The third kappa shape index (κ3) is 8.64. The van der Waals surface area contributed by atoms with E-state index in [-0.39, 0.29) is 25.5 Å². The van der Waals surface area contributed by atoms with Gasteiger partial charge in [0.25, 0.3) is 5.97 Å². The molecule has 23 heavy (non-hydrogen) atoms. The third-order valence-corrected chi connectivity index (χ3v) is 2.68. The van der Waals surface area contributed by atoms with Crippen molar-refractivity contribution >= 4 is 11.9 Å². The Balaban J connectivity index is 0.00000108. The van der Waals surface area contributed by atoms with E-state index in [0.717, 1.165) is 12.5 Å². The van der Waals surface area contributed by atoms with E-state index >= 15 is 0 Å². The number of rotatable bonds is 7. The first-order chi connectivity index (χ1) is 10.8. The van der Waals surface area contributed by atoms with Crippen molar-refractivity contribution in [1.82, 2.24) is 5.32 Å². The number of aliphatic hydroxyl groups excluding tert-OH is 1. The number of hydrogen-bond acceptors (Lipinski definition) is 6. The maximum absolute atomic E-state index is 11.5. The Labute approximate surface area is 135 Å². The fraction of sp³-hybridized carbons (Fsp3) is 0.467. The van der Waals surface area contributed by atoms with E-state index in [1.54, 1.807) is 32.4 Å². The summed E-state index contributed by atoms with van der Waals surface area (Å²) < 4.78 is 10.3. The minimum absolute atomic E-state index is 0.0860. The standard InChI is InChI=1S/C13H20N2O4.C2H4O2/c1-18-11-4-3-9(7-12(11)19-2)10(14)8-13(17)15-5-6-16;1-2(3)4/h3-4,7,10,16H,5-6,8,14H2,1-2H3,(H,15,17);1H3,(H,3,4). The first-order valence-corrected chi connectivity index (χ1v) is 6.90. The van der Waals surface area contributed by atoms with Crippen LogP contribution < -0.4 is 20.5 Å². The summed E-state index contributed by atoms with van der Waals surface area (Å²) in [4.78, 5) is 20.5. The van der Waals surface area contributed by atoms with Crippen LogP contribution in [0.15, 0.2) is 18.2 Å². The van der Waals surface area contributed by atoms with E-state index in [0.29, 0.717) is 11.5 Å². The van der Waals surface area contributed by atoms with Crippen LogP contribution in [0.2, 0.25) is 0 Å². The molecule has 1 rings (SSSR count). The topological polar surface area (TPSA) is 131 Å². The van der Waals surface area contributed by atoms with Crippen LogP contribution in [0.25, 0.3) is 0 Å². The van der Waals surface area contributed by atoms with E-state index in [9.17, 15) is 4.79 Å². The molecule has 0 bridgehead atoms. The van der Waals surface area contributed by atoms with Crippen molar-refractivity contribution in [2.45, 2.75) is 19.4 Å². The monoisotopic (exact) mass is 328 g/mol. The number of nitrogens with one attached hydrogen (secondary N) is 1. The van der Waals surface area contributed by atoms with Crippen LogP contribution in [-0.2, 0) is 9.59 Å². The van der Waals surface area contributed by atoms with Gasteiger partial charge in [0, 0.05) is 25.9 Å². The largest absolute Gasteiger partial charge is 0.493 e. The molecule has 0 aromatic heterocycles. The molecule has 1 unspecified atom stereocenters. The lowest BCUT2D eigenvalue weighted by Gasteiger charge is -2.14. The average Bonchev–Trinajstić information content (AvgIpc) is 2.51. The molecule has 0 aliphatic heterocycles. The second kappa shape index (κ2) is 11.3. The van der Waals surface area contributed by atoms with Crippen LogP contribution in [0.5, 0.6) is 11.5 Å². The lowest BCUT2D eigenvalue weighted by Crippen LogP contribution is -2.29. The van der Waals surface area contributed by atoms with Crippen molar-refractivity contribution in [3.8, 4) is 11.5 Å². The fourth-order valence-electron chi connectivity index (χ4n) is 1.67. The molecule has 0 saturated heterocycles. The molecular formula is C15H24N2O6. The minimum Gasteiger partial charge on any atom is -0.493 e. The smallest absolute Gasteiger partial charge is 0.300 e. The summed E-state index contributed by atoms with van der Waals surface area (Å²) in [5.41, 5.74) is 6.75. The summed E-state index contributed by atoms with van der Waals surface area (Å²) in [6, 6.07) is 4.87. The van der Waals surface area contributed by atoms with Crippen molar-refractivity contribution in [1.29, 1.82) is 0 Å². The molecule has 1 aromatic carbocycles. The number of carboxylic acid groups (broad SMARTS) is 1. The van der Waals surface area contributed by atoms with E-state index < -0.39 is 12.0 Å². The van der Waals surface area contributed by atoms with Crippen LogP contribution in [-0.4, -0.2) is 49.5 Å². The number of carboxylic acids is 1. The first-order valence-electron chi connectivity index (χ1n) is 6.90. The summed E-state index contributed by atoms with van der Waals surface area (Å²) >= 11 is 0. The van der Waals surface area contributed by atoms with Gasteiger partial charge in [0.15, 0.2) is 11.5 Å². The molecule has 1 amide bonds. The van der Waals surface area contributed by atoms with E-state index in [2.05, 4.69) is 5.32 Å². The maximum atomic E-state index is 11.5. The van der Waals surface area contributed by atoms with E-state index in [1.165, 1.54) is 0 Å². The van der Waals surface area contributed by atoms with E-state index in [1.807, 2.05) is 0 Å². The Morgan fingerprint density at radius 2 is 1.83 bits per heavy atom. The Bertz CT molecular complexity index is 503. The van der Waals surface area contributed by atoms with Gasteiger partial charge < -0.3 is 30.7 Å². The van der Waals surface area contributed by atoms with Crippen molar-refractivity contribution in [3.05, 3.63) is 23.8 Å². The molecule has 0 radical (unpaired) electrons. The van der Waals surface area contributed by atoms with Gasteiger partial charge in [0.2, 0.25) is 5.91 Å². The molecular weight excluding hydrogens is 304 g/mol. The Hall–Kier alpha value is -2.32. The SMILES string of the molecule is CC(=O)O.COc1ccc(C(N)CC(=O)NCCO)cc1OC. The lowest BCUT2D eigenvalue weighted by atomic mass is 10.0. The fourth-order valence-corrected chi connectivity index (χ4v) is 1.67. The summed E-state index contributed by atoms with van der Waals surface area (Å²) in [5, 5.41) is 18.6. The van der Waals surface area contributed by atoms with Crippen molar-refractivity contribution in [2.24, 2.45) is 5.73 Å². The summed E-state index contributed by atoms with van der Waals surface area (Å²) in [6.45, 7) is 1.23. The molecule has 1 aromatic rings. The summed E-state index contributed by atoms with van der Waals surface area (Å²) in [5.74, 6) is 0.158. The van der Waals surface area contributed by atoms with E-state index in [4.69, 9.17) is 30.2 Å². The quantitative estimate of drug-likeness (QED) is 0.566. The zero-order chi connectivity index (χ0) is 17.8. The molecule has 8 nitrogen and oxygen atoms in total. The molecule has 0 fully saturated rings. The number of carbonyl (C=O) groups excluding carboxylic acids is 1. The maximum Gasteiger partial charge on any atom is 0.300 e. The van der Waals surface area contributed by atoms with Crippen molar-refractivity contribution < 1.29 is 29.3 Å². The molecule has 130 valence electrons.